The number of aromatic nitrogens is 2. The molecule has 0 amide bonds. The summed E-state index contributed by atoms with van der Waals surface area (Å²) in [5.74, 6) is 0. The van der Waals surface area contributed by atoms with E-state index in [-0.39, 0.29) is 0 Å². The Kier molecular flexibility index (Phi) is 1.91. The van der Waals surface area contributed by atoms with Crippen LogP contribution in [0.3, 0.4) is 0 Å². The highest BCUT2D eigenvalue weighted by atomic mass is 79.9. The Balaban J connectivity index is 2.48. The number of hydrogen-bond donors (Lipinski definition) is 0. The summed E-state index contributed by atoms with van der Waals surface area (Å²) in [6.07, 6.45) is 6.58. The van der Waals surface area contributed by atoms with Crippen LogP contribution in [0.2, 0.25) is 0 Å². The molecule has 0 saturated heterocycles. The number of nitrogens with zero attached hydrogens (tertiary/aromatic N) is 2. The maximum Gasteiger partial charge on any atom is 0.125 e. The van der Waals surface area contributed by atoms with Gasteiger partial charge in [-0.3, -0.25) is 4.98 Å². The molecule has 0 aliphatic carbocycles. The first-order valence-electron chi connectivity index (χ1n) is 3.36. The summed E-state index contributed by atoms with van der Waals surface area (Å²) in [5.41, 5.74) is 1.74. The van der Waals surface area contributed by atoms with E-state index in [1.807, 2.05) is 6.07 Å². The molecule has 0 fully saturated rings. The molecular formula is C8H5BrN2O. The molecule has 3 nitrogen and oxygen atoms in total. The normalized spacial score (nSPS) is 10.1. The second-order valence-electron chi connectivity index (χ2n) is 2.24. The van der Waals surface area contributed by atoms with Gasteiger partial charge in [0.1, 0.15) is 4.60 Å². The van der Waals surface area contributed by atoms with Gasteiger partial charge in [-0.1, -0.05) is 0 Å². The molecule has 2 aromatic heterocycles. The highest BCUT2D eigenvalue weighted by Gasteiger charge is 2.00. The molecule has 0 aromatic carbocycles. The van der Waals surface area contributed by atoms with Crippen LogP contribution in [0.4, 0.5) is 0 Å². The Morgan fingerprint density at radius 2 is 2.25 bits per heavy atom. The molecule has 0 unspecified atom stereocenters. The molecule has 0 bridgehead atoms. The van der Waals surface area contributed by atoms with Crippen LogP contribution in [0.25, 0.3) is 11.3 Å². The third-order valence-electron chi connectivity index (χ3n) is 1.42. The molecule has 4 heteroatoms. The molecule has 2 aromatic rings. The Labute approximate surface area is 77.6 Å². The summed E-state index contributed by atoms with van der Waals surface area (Å²) in [7, 11) is 0. The third kappa shape index (κ3) is 1.38. The summed E-state index contributed by atoms with van der Waals surface area (Å²) in [5, 5.41) is 0. The number of rotatable bonds is 1. The standard InChI is InChI=1S/C8H5BrN2O/c9-8-4-10-3-7(11-8)6-1-2-12-5-6/h1-5H. The van der Waals surface area contributed by atoms with E-state index in [0.29, 0.717) is 0 Å². The first-order valence-corrected chi connectivity index (χ1v) is 4.16. The maximum atomic E-state index is 4.93. The number of hydrogen-bond acceptors (Lipinski definition) is 3. The van der Waals surface area contributed by atoms with Crippen molar-refractivity contribution in [3.05, 3.63) is 35.6 Å². The molecule has 0 aliphatic heterocycles. The average Bonchev–Trinajstić information content (AvgIpc) is 2.56. The Hall–Kier alpha value is -1.16. The van der Waals surface area contributed by atoms with Gasteiger partial charge in [-0.15, -0.1) is 0 Å². The van der Waals surface area contributed by atoms with Crippen molar-refractivity contribution in [2.75, 3.05) is 0 Å². The van der Waals surface area contributed by atoms with Crippen LogP contribution in [0.5, 0.6) is 0 Å². The van der Waals surface area contributed by atoms with E-state index in [4.69, 9.17) is 4.42 Å². The largest absolute Gasteiger partial charge is 0.472 e. The zero-order valence-corrected chi connectivity index (χ0v) is 7.65. The lowest BCUT2D eigenvalue weighted by Gasteiger charge is -1.94. The minimum Gasteiger partial charge on any atom is -0.472 e. The van der Waals surface area contributed by atoms with Crippen LogP contribution in [-0.4, -0.2) is 9.97 Å². The van der Waals surface area contributed by atoms with Crippen molar-refractivity contribution < 1.29 is 4.42 Å². The molecule has 12 heavy (non-hydrogen) atoms. The Morgan fingerprint density at radius 3 is 2.92 bits per heavy atom. The van der Waals surface area contributed by atoms with Crippen LogP contribution >= 0.6 is 15.9 Å². The fourth-order valence-corrected chi connectivity index (χ4v) is 1.20. The van der Waals surface area contributed by atoms with Gasteiger partial charge in [0.05, 0.1) is 30.6 Å². The van der Waals surface area contributed by atoms with Crippen LogP contribution in [-0.2, 0) is 0 Å². The van der Waals surface area contributed by atoms with E-state index in [1.165, 1.54) is 0 Å². The molecule has 0 radical (unpaired) electrons. The van der Waals surface area contributed by atoms with Crippen molar-refractivity contribution in [1.82, 2.24) is 9.97 Å². The van der Waals surface area contributed by atoms with E-state index in [9.17, 15) is 0 Å². The van der Waals surface area contributed by atoms with Gasteiger partial charge in [0.15, 0.2) is 0 Å². The van der Waals surface area contributed by atoms with Crippen molar-refractivity contribution >= 4 is 15.9 Å². The lowest BCUT2D eigenvalue weighted by molar-refractivity contribution is 0.568. The van der Waals surface area contributed by atoms with E-state index >= 15 is 0 Å². The van der Waals surface area contributed by atoms with Gasteiger partial charge in [0, 0.05) is 5.56 Å². The van der Waals surface area contributed by atoms with E-state index < -0.39 is 0 Å². The highest BCUT2D eigenvalue weighted by Crippen LogP contribution is 2.17. The van der Waals surface area contributed by atoms with Crippen molar-refractivity contribution in [3.63, 3.8) is 0 Å². The Bertz CT molecular complexity index is 372. The molecule has 2 rings (SSSR count). The smallest absolute Gasteiger partial charge is 0.125 e. The quantitative estimate of drug-likeness (QED) is 0.748. The topological polar surface area (TPSA) is 38.9 Å². The molecule has 0 saturated carbocycles. The zero-order valence-electron chi connectivity index (χ0n) is 6.07. The van der Waals surface area contributed by atoms with Gasteiger partial charge in [-0.2, -0.15) is 0 Å². The van der Waals surface area contributed by atoms with Crippen LogP contribution in [0, 0.1) is 0 Å². The maximum absolute atomic E-state index is 4.93. The number of furan rings is 1. The fourth-order valence-electron chi connectivity index (χ4n) is 0.891. The van der Waals surface area contributed by atoms with Crippen LogP contribution in [0.15, 0.2) is 40.0 Å². The lowest BCUT2D eigenvalue weighted by Crippen LogP contribution is -1.83. The second-order valence-corrected chi connectivity index (χ2v) is 3.05. The van der Waals surface area contributed by atoms with Gasteiger partial charge in [-0.25, -0.2) is 4.98 Å². The summed E-state index contributed by atoms with van der Waals surface area (Å²) < 4.78 is 5.65. The predicted molar refractivity (Wildman–Crippen MR) is 47.4 cm³/mol. The molecule has 0 N–H and O–H groups in total. The SMILES string of the molecule is Brc1cncc(-c2ccoc2)n1. The van der Waals surface area contributed by atoms with Crippen LogP contribution in [0.1, 0.15) is 0 Å². The summed E-state index contributed by atoms with van der Waals surface area (Å²) in [6, 6.07) is 1.84. The highest BCUT2D eigenvalue weighted by molar-refractivity contribution is 9.10. The second kappa shape index (κ2) is 3.06. The van der Waals surface area contributed by atoms with E-state index in [2.05, 4.69) is 25.9 Å². The predicted octanol–water partition coefficient (Wildman–Crippen LogP) is 2.50. The van der Waals surface area contributed by atoms with Crippen molar-refractivity contribution in [3.8, 4) is 11.3 Å². The van der Waals surface area contributed by atoms with Gasteiger partial charge >= 0.3 is 0 Å². The molecule has 0 atom stereocenters. The Morgan fingerprint density at radius 1 is 1.33 bits per heavy atom. The monoisotopic (exact) mass is 224 g/mol. The van der Waals surface area contributed by atoms with Crippen molar-refractivity contribution in [1.29, 1.82) is 0 Å². The first-order chi connectivity index (χ1) is 5.86. The van der Waals surface area contributed by atoms with E-state index in [0.717, 1.165) is 15.9 Å². The average molecular weight is 225 g/mol. The van der Waals surface area contributed by atoms with Crippen molar-refractivity contribution in [2.24, 2.45) is 0 Å². The van der Waals surface area contributed by atoms with Crippen molar-refractivity contribution in [2.45, 2.75) is 0 Å². The minimum atomic E-state index is 0.723. The minimum absolute atomic E-state index is 0.723. The molecule has 60 valence electrons. The third-order valence-corrected chi connectivity index (χ3v) is 1.80. The van der Waals surface area contributed by atoms with Gasteiger partial charge in [0.25, 0.3) is 0 Å². The summed E-state index contributed by atoms with van der Waals surface area (Å²) in [4.78, 5) is 8.20. The zero-order chi connectivity index (χ0) is 8.39. The molecular weight excluding hydrogens is 220 g/mol. The van der Waals surface area contributed by atoms with Gasteiger partial charge in [-0.05, 0) is 22.0 Å². The molecule has 0 aliphatic rings. The molecule has 0 spiro atoms. The summed E-state index contributed by atoms with van der Waals surface area (Å²) in [6.45, 7) is 0. The fraction of sp³-hybridized carbons (Fsp3) is 0. The molecule has 2 heterocycles. The van der Waals surface area contributed by atoms with E-state index in [1.54, 1.807) is 24.9 Å². The van der Waals surface area contributed by atoms with Gasteiger partial charge < -0.3 is 4.42 Å². The first kappa shape index (κ1) is 7.49. The van der Waals surface area contributed by atoms with Gasteiger partial charge in [0.2, 0.25) is 0 Å². The summed E-state index contributed by atoms with van der Waals surface area (Å²) >= 11 is 3.24. The lowest BCUT2D eigenvalue weighted by atomic mass is 10.2. The number of halogens is 1. The van der Waals surface area contributed by atoms with Crippen LogP contribution < -0.4 is 0 Å².